The first kappa shape index (κ1) is 19.3. The number of hydrogen-bond acceptors (Lipinski definition) is 7. The average Bonchev–Trinajstić information content (AvgIpc) is 2.62. The molecule has 2 aromatic rings. The molecule has 0 fully saturated rings. The Morgan fingerprint density at radius 3 is 2.50 bits per heavy atom. The molecule has 2 aromatic carbocycles. The van der Waals surface area contributed by atoms with Crippen LogP contribution in [0.15, 0.2) is 41.3 Å². The molecule has 0 spiro atoms. The smallest absolute Gasteiger partial charge is 0.339 e. The van der Waals surface area contributed by atoms with Crippen molar-refractivity contribution >= 4 is 16.1 Å². The van der Waals surface area contributed by atoms with Crippen molar-refractivity contribution < 1.29 is 26.9 Å². The lowest BCUT2D eigenvalue weighted by molar-refractivity contribution is 0.0600. The van der Waals surface area contributed by atoms with Crippen molar-refractivity contribution in [1.29, 1.82) is 5.26 Å². The topological polar surface area (TPSA) is 103 Å². The molecule has 0 N–H and O–H groups in total. The van der Waals surface area contributed by atoms with Gasteiger partial charge in [-0.25, -0.2) is 4.79 Å². The monoisotopic (exact) mass is 375 g/mol. The number of nitriles is 1. The summed E-state index contributed by atoms with van der Waals surface area (Å²) >= 11 is 0. The first-order chi connectivity index (χ1) is 12.3. The summed E-state index contributed by atoms with van der Waals surface area (Å²) in [6.45, 7) is 3.57. The molecule has 0 atom stereocenters. The number of rotatable bonds is 6. The van der Waals surface area contributed by atoms with E-state index in [1.807, 2.05) is 6.07 Å². The van der Waals surface area contributed by atoms with E-state index in [1.165, 1.54) is 43.5 Å². The summed E-state index contributed by atoms with van der Waals surface area (Å²) in [6.07, 6.45) is 0. The standard InChI is InChI=1S/C18H17NO6S/c1-4-24-16-9-13(11-19)6-8-15(16)25-26(21,22)17-10-14(18(20)23-3)7-5-12(17)2/h5-10H,4H2,1-3H3. The fraction of sp³-hybridized carbons (Fsp3) is 0.222. The maximum absolute atomic E-state index is 12.7. The van der Waals surface area contributed by atoms with Crippen LogP contribution in [0.1, 0.15) is 28.4 Å². The Bertz CT molecular complexity index is 976. The van der Waals surface area contributed by atoms with E-state index in [2.05, 4.69) is 4.74 Å². The van der Waals surface area contributed by atoms with Crippen molar-refractivity contribution in [3.05, 3.63) is 53.1 Å². The minimum atomic E-state index is -4.24. The van der Waals surface area contributed by atoms with E-state index in [9.17, 15) is 13.2 Å². The van der Waals surface area contributed by atoms with Crippen molar-refractivity contribution in [2.45, 2.75) is 18.7 Å². The van der Waals surface area contributed by atoms with Crippen LogP contribution in [0, 0.1) is 18.3 Å². The lowest BCUT2D eigenvalue weighted by atomic mass is 10.1. The van der Waals surface area contributed by atoms with Crippen molar-refractivity contribution in [2.24, 2.45) is 0 Å². The SMILES string of the molecule is CCOc1cc(C#N)ccc1OS(=O)(=O)c1cc(C(=O)OC)ccc1C. The summed E-state index contributed by atoms with van der Waals surface area (Å²) < 4.78 is 40.6. The maximum atomic E-state index is 12.7. The molecule has 2 rings (SSSR count). The highest BCUT2D eigenvalue weighted by Crippen LogP contribution is 2.32. The third-order valence-electron chi connectivity index (χ3n) is 3.45. The van der Waals surface area contributed by atoms with Crippen LogP contribution in [0.3, 0.4) is 0 Å². The van der Waals surface area contributed by atoms with Gasteiger partial charge in [0.25, 0.3) is 0 Å². The Kier molecular flexibility index (Phi) is 5.85. The molecule has 0 unspecified atom stereocenters. The van der Waals surface area contributed by atoms with E-state index in [0.717, 1.165) is 0 Å². The van der Waals surface area contributed by atoms with Gasteiger partial charge in [0.15, 0.2) is 11.5 Å². The fourth-order valence-corrected chi connectivity index (χ4v) is 3.39. The van der Waals surface area contributed by atoms with Crippen molar-refractivity contribution in [3.63, 3.8) is 0 Å². The molecule has 8 heteroatoms. The van der Waals surface area contributed by atoms with E-state index < -0.39 is 16.1 Å². The summed E-state index contributed by atoms with van der Waals surface area (Å²) in [4.78, 5) is 11.5. The van der Waals surface area contributed by atoms with Crippen LogP contribution in [0.25, 0.3) is 0 Å². The molecule has 0 aromatic heterocycles. The van der Waals surface area contributed by atoms with Crippen LogP contribution in [0.2, 0.25) is 0 Å². The van der Waals surface area contributed by atoms with Gasteiger partial charge in [0.05, 0.1) is 30.9 Å². The minimum absolute atomic E-state index is 0.0475. The Labute approximate surface area is 151 Å². The number of esters is 1. The van der Waals surface area contributed by atoms with Gasteiger partial charge >= 0.3 is 16.1 Å². The molecule has 26 heavy (non-hydrogen) atoms. The third-order valence-corrected chi connectivity index (χ3v) is 4.83. The maximum Gasteiger partial charge on any atom is 0.339 e. The minimum Gasteiger partial charge on any atom is -0.490 e. The summed E-state index contributed by atoms with van der Waals surface area (Å²) in [5.74, 6) is -0.569. The van der Waals surface area contributed by atoms with E-state index >= 15 is 0 Å². The van der Waals surface area contributed by atoms with E-state index in [4.69, 9.17) is 14.2 Å². The van der Waals surface area contributed by atoms with Crippen LogP contribution in [-0.2, 0) is 14.9 Å². The molecule has 0 heterocycles. The van der Waals surface area contributed by atoms with Gasteiger partial charge in [-0.3, -0.25) is 0 Å². The molecule has 0 saturated carbocycles. The zero-order chi connectivity index (χ0) is 19.3. The fourth-order valence-electron chi connectivity index (χ4n) is 2.19. The van der Waals surface area contributed by atoms with Gasteiger partial charge in [-0.05, 0) is 43.7 Å². The van der Waals surface area contributed by atoms with Crippen LogP contribution in [0.5, 0.6) is 11.5 Å². The van der Waals surface area contributed by atoms with Crippen molar-refractivity contribution in [1.82, 2.24) is 0 Å². The second-order valence-corrected chi connectivity index (χ2v) is 6.73. The summed E-state index contributed by atoms with van der Waals surface area (Å²) in [5.41, 5.74) is 0.802. The number of nitrogens with zero attached hydrogens (tertiary/aromatic N) is 1. The van der Waals surface area contributed by atoms with Gasteiger partial charge in [-0.15, -0.1) is 0 Å². The zero-order valence-electron chi connectivity index (χ0n) is 14.5. The number of methoxy groups -OCH3 is 1. The molecule has 0 aliphatic carbocycles. The summed E-state index contributed by atoms with van der Waals surface area (Å²) in [6, 6.07) is 10.3. The van der Waals surface area contributed by atoms with E-state index in [-0.39, 0.29) is 28.6 Å². The number of carbonyl (C=O) groups excluding carboxylic acids is 1. The van der Waals surface area contributed by atoms with Crippen molar-refractivity contribution in [2.75, 3.05) is 13.7 Å². The highest BCUT2D eigenvalue weighted by molar-refractivity contribution is 7.87. The molecule has 0 aliphatic heterocycles. The van der Waals surface area contributed by atoms with Gasteiger partial charge in [-0.1, -0.05) is 6.07 Å². The van der Waals surface area contributed by atoms with Gasteiger partial charge < -0.3 is 13.7 Å². The third kappa shape index (κ3) is 4.13. The number of carbonyl (C=O) groups is 1. The molecule has 136 valence electrons. The Balaban J connectivity index is 2.47. The lowest BCUT2D eigenvalue weighted by Crippen LogP contribution is -2.14. The molecular formula is C18H17NO6S. The predicted octanol–water partition coefficient (Wildman–Crippen LogP) is 2.82. The van der Waals surface area contributed by atoms with Crippen LogP contribution < -0.4 is 8.92 Å². The summed E-state index contributed by atoms with van der Waals surface area (Å²) in [5, 5.41) is 8.97. The molecular weight excluding hydrogens is 358 g/mol. The lowest BCUT2D eigenvalue weighted by Gasteiger charge is -2.13. The van der Waals surface area contributed by atoms with Crippen LogP contribution in [0.4, 0.5) is 0 Å². The van der Waals surface area contributed by atoms with Crippen LogP contribution in [-0.4, -0.2) is 28.1 Å². The molecule has 0 amide bonds. The molecule has 0 bridgehead atoms. The Hall–Kier alpha value is -3.05. The number of hydrogen-bond donors (Lipinski definition) is 0. The van der Waals surface area contributed by atoms with Gasteiger partial charge in [0, 0.05) is 6.07 Å². The average molecular weight is 375 g/mol. The molecule has 7 nitrogen and oxygen atoms in total. The van der Waals surface area contributed by atoms with E-state index in [0.29, 0.717) is 11.1 Å². The van der Waals surface area contributed by atoms with Gasteiger partial charge in [-0.2, -0.15) is 13.7 Å². The highest BCUT2D eigenvalue weighted by Gasteiger charge is 2.23. The predicted molar refractivity (Wildman–Crippen MR) is 92.7 cm³/mol. The second kappa shape index (κ2) is 7.89. The zero-order valence-corrected chi connectivity index (χ0v) is 15.3. The second-order valence-electron chi connectivity index (χ2n) is 5.22. The normalized spacial score (nSPS) is 10.7. The largest absolute Gasteiger partial charge is 0.490 e. The number of aryl methyl sites for hydroxylation is 1. The van der Waals surface area contributed by atoms with Crippen LogP contribution >= 0.6 is 0 Å². The van der Waals surface area contributed by atoms with Gasteiger partial charge in [0.2, 0.25) is 0 Å². The molecule has 0 aliphatic rings. The Morgan fingerprint density at radius 1 is 1.15 bits per heavy atom. The van der Waals surface area contributed by atoms with Gasteiger partial charge in [0.1, 0.15) is 4.90 Å². The first-order valence-electron chi connectivity index (χ1n) is 7.62. The molecule has 0 saturated heterocycles. The Morgan fingerprint density at radius 2 is 1.88 bits per heavy atom. The summed E-state index contributed by atoms with van der Waals surface area (Å²) in [7, 11) is -3.03. The van der Waals surface area contributed by atoms with E-state index in [1.54, 1.807) is 13.8 Å². The number of benzene rings is 2. The quantitative estimate of drug-likeness (QED) is 0.565. The number of ether oxygens (including phenoxy) is 2. The highest BCUT2D eigenvalue weighted by atomic mass is 32.2. The first-order valence-corrected chi connectivity index (χ1v) is 9.03. The molecule has 0 radical (unpaired) electrons. The van der Waals surface area contributed by atoms with Crippen molar-refractivity contribution in [3.8, 4) is 17.6 Å².